The Hall–Kier alpha value is -2.89. The van der Waals surface area contributed by atoms with Crippen LogP contribution in [-0.2, 0) is 6.54 Å². The molecule has 26 heavy (non-hydrogen) atoms. The van der Waals surface area contributed by atoms with Crippen LogP contribution in [0.1, 0.15) is 11.1 Å². The molecule has 0 radical (unpaired) electrons. The summed E-state index contributed by atoms with van der Waals surface area (Å²) in [4.78, 5) is 4.22. The highest BCUT2D eigenvalue weighted by Gasteiger charge is 2.06. The molecule has 6 heteroatoms. The average Bonchev–Trinajstić information content (AvgIpc) is 2.68. The van der Waals surface area contributed by atoms with E-state index in [-0.39, 0.29) is 0 Å². The van der Waals surface area contributed by atoms with E-state index in [9.17, 15) is 0 Å². The fourth-order valence-corrected chi connectivity index (χ4v) is 2.37. The summed E-state index contributed by atoms with van der Waals surface area (Å²) in [7, 11) is 5.02. The fraction of sp³-hybridized carbons (Fsp3) is 0.350. The van der Waals surface area contributed by atoms with Gasteiger partial charge in [0.2, 0.25) is 0 Å². The third-order valence-corrected chi connectivity index (χ3v) is 3.85. The van der Waals surface area contributed by atoms with E-state index >= 15 is 0 Å². The summed E-state index contributed by atoms with van der Waals surface area (Å²) in [6.45, 7) is 3.84. The lowest BCUT2D eigenvalue weighted by atomic mass is 10.2. The normalized spacial score (nSPS) is 11.0. The summed E-state index contributed by atoms with van der Waals surface area (Å²) in [5.41, 5.74) is 2.24. The standard InChI is InChI=1S/C20H27N3O3/c1-15-5-8-17(9-6-15)26-12-11-22-20(21-2)23-14-16-7-10-18(24-3)13-19(16)25-4/h5-10,13H,11-12,14H2,1-4H3,(H2,21,22,23). The Labute approximate surface area is 155 Å². The van der Waals surface area contributed by atoms with Crippen molar-refractivity contribution in [3.63, 3.8) is 0 Å². The molecule has 6 nitrogen and oxygen atoms in total. The summed E-state index contributed by atoms with van der Waals surface area (Å²) in [6.07, 6.45) is 0. The lowest BCUT2D eigenvalue weighted by Gasteiger charge is -2.15. The zero-order valence-corrected chi connectivity index (χ0v) is 15.8. The first kappa shape index (κ1) is 19.4. The van der Waals surface area contributed by atoms with E-state index in [1.54, 1.807) is 21.3 Å². The van der Waals surface area contributed by atoms with Gasteiger partial charge in [0.25, 0.3) is 0 Å². The summed E-state index contributed by atoms with van der Waals surface area (Å²) >= 11 is 0. The van der Waals surface area contributed by atoms with Gasteiger partial charge in [0.05, 0.1) is 20.8 Å². The highest BCUT2D eigenvalue weighted by atomic mass is 16.5. The van der Waals surface area contributed by atoms with Gasteiger partial charge in [-0.3, -0.25) is 4.99 Å². The van der Waals surface area contributed by atoms with Crippen molar-refractivity contribution in [3.8, 4) is 17.2 Å². The first-order valence-corrected chi connectivity index (χ1v) is 8.51. The molecule has 0 aliphatic rings. The van der Waals surface area contributed by atoms with Gasteiger partial charge in [-0.2, -0.15) is 0 Å². The molecule has 0 aliphatic carbocycles. The molecule has 0 saturated carbocycles. The first-order valence-electron chi connectivity index (χ1n) is 8.51. The molecule has 0 aliphatic heterocycles. The second kappa shape index (κ2) is 10.2. The number of nitrogens with zero attached hydrogens (tertiary/aromatic N) is 1. The van der Waals surface area contributed by atoms with Gasteiger partial charge >= 0.3 is 0 Å². The molecule has 2 N–H and O–H groups in total. The molecule has 2 aromatic rings. The van der Waals surface area contributed by atoms with Gasteiger partial charge in [0.15, 0.2) is 5.96 Å². The van der Waals surface area contributed by atoms with Gasteiger partial charge in [0, 0.05) is 25.2 Å². The van der Waals surface area contributed by atoms with Crippen molar-refractivity contribution in [3.05, 3.63) is 53.6 Å². The van der Waals surface area contributed by atoms with Crippen LogP contribution in [0.15, 0.2) is 47.5 Å². The number of hydrogen-bond donors (Lipinski definition) is 2. The lowest BCUT2D eigenvalue weighted by molar-refractivity contribution is 0.322. The minimum absolute atomic E-state index is 0.551. The Balaban J connectivity index is 1.78. The predicted octanol–water partition coefficient (Wildman–Crippen LogP) is 2.76. The van der Waals surface area contributed by atoms with Crippen molar-refractivity contribution in [2.24, 2.45) is 4.99 Å². The largest absolute Gasteiger partial charge is 0.497 e. The molecule has 0 saturated heterocycles. The van der Waals surface area contributed by atoms with Gasteiger partial charge < -0.3 is 24.8 Å². The van der Waals surface area contributed by atoms with E-state index < -0.39 is 0 Å². The maximum absolute atomic E-state index is 5.70. The predicted molar refractivity (Wildman–Crippen MR) is 104 cm³/mol. The van der Waals surface area contributed by atoms with Crippen LogP contribution in [0.4, 0.5) is 0 Å². The molecule has 0 atom stereocenters. The van der Waals surface area contributed by atoms with Gasteiger partial charge in [-0.1, -0.05) is 17.7 Å². The van der Waals surface area contributed by atoms with E-state index in [1.165, 1.54) is 5.56 Å². The number of methoxy groups -OCH3 is 2. The second-order valence-corrected chi connectivity index (χ2v) is 5.69. The molecule has 0 heterocycles. The maximum atomic E-state index is 5.70. The molecule has 0 spiro atoms. The van der Waals surface area contributed by atoms with Gasteiger partial charge in [0.1, 0.15) is 23.9 Å². The monoisotopic (exact) mass is 357 g/mol. The molecular formula is C20H27N3O3. The summed E-state index contributed by atoms with van der Waals surface area (Å²) in [6, 6.07) is 13.7. The quantitative estimate of drug-likeness (QED) is 0.432. The second-order valence-electron chi connectivity index (χ2n) is 5.69. The van der Waals surface area contributed by atoms with Crippen molar-refractivity contribution < 1.29 is 14.2 Å². The van der Waals surface area contributed by atoms with Gasteiger partial charge in [-0.05, 0) is 31.2 Å². The number of ether oxygens (including phenoxy) is 3. The third-order valence-electron chi connectivity index (χ3n) is 3.85. The molecule has 0 bridgehead atoms. The average molecular weight is 357 g/mol. The highest BCUT2D eigenvalue weighted by molar-refractivity contribution is 5.79. The Morgan fingerprint density at radius 2 is 1.69 bits per heavy atom. The Morgan fingerprint density at radius 3 is 2.35 bits per heavy atom. The van der Waals surface area contributed by atoms with Crippen molar-refractivity contribution >= 4 is 5.96 Å². The number of aliphatic imine (C=N–C) groups is 1. The molecule has 2 rings (SSSR count). The Morgan fingerprint density at radius 1 is 0.962 bits per heavy atom. The van der Waals surface area contributed by atoms with Crippen molar-refractivity contribution in [1.82, 2.24) is 10.6 Å². The van der Waals surface area contributed by atoms with Crippen LogP contribution in [0.5, 0.6) is 17.2 Å². The van der Waals surface area contributed by atoms with E-state index in [0.717, 1.165) is 22.8 Å². The summed E-state index contributed by atoms with van der Waals surface area (Å²) in [5.74, 6) is 3.11. The van der Waals surface area contributed by atoms with Crippen LogP contribution in [0, 0.1) is 6.92 Å². The summed E-state index contributed by atoms with van der Waals surface area (Å²) < 4.78 is 16.3. The smallest absolute Gasteiger partial charge is 0.191 e. The molecule has 140 valence electrons. The van der Waals surface area contributed by atoms with Crippen LogP contribution >= 0.6 is 0 Å². The molecule has 2 aromatic carbocycles. The first-order chi connectivity index (χ1) is 12.7. The third kappa shape index (κ3) is 5.88. The molecule has 0 amide bonds. The number of rotatable bonds is 8. The number of hydrogen-bond acceptors (Lipinski definition) is 4. The maximum Gasteiger partial charge on any atom is 0.191 e. The van der Waals surface area contributed by atoms with Crippen LogP contribution in [0.2, 0.25) is 0 Å². The Bertz CT molecular complexity index is 715. The minimum Gasteiger partial charge on any atom is -0.497 e. The van der Waals surface area contributed by atoms with E-state index in [2.05, 4.69) is 22.5 Å². The van der Waals surface area contributed by atoms with Crippen LogP contribution < -0.4 is 24.8 Å². The number of benzene rings is 2. The van der Waals surface area contributed by atoms with Crippen molar-refractivity contribution in [2.45, 2.75) is 13.5 Å². The SMILES string of the molecule is CN=C(NCCOc1ccc(C)cc1)NCc1ccc(OC)cc1OC. The topological polar surface area (TPSA) is 64.1 Å². The van der Waals surface area contributed by atoms with Crippen molar-refractivity contribution in [1.29, 1.82) is 0 Å². The molecule has 0 aromatic heterocycles. The Kier molecular flexibility index (Phi) is 7.61. The number of aryl methyl sites for hydroxylation is 1. The zero-order valence-electron chi connectivity index (χ0n) is 15.8. The number of guanidine groups is 1. The minimum atomic E-state index is 0.551. The molecular weight excluding hydrogens is 330 g/mol. The van der Waals surface area contributed by atoms with E-state index in [0.29, 0.717) is 25.7 Å². The molecule has 0 fully saturated rings. The van der Waals surface area contributed by atoms with Crippen LogP contribution in [0.3, 0.4) is 0 Å². The summed E-state index contributed by atoms with van der Waals surface area (Å²) in [5, 5.41) is 6.50. The highest BCUT2D eigenvalue weighted by Crippen LogP contribution is 2.24. The fourth-order valence-electron chi connectivity index (χ4n) is 2.37. The zero-order chi connectivity index (χ0) is 18.8. The lowest BCUT2D eigenvalue weighted by Crippen LogP contribution is -2.38. The number of nitrogens with one attached hydrogen (secondary N) is 2. The van der Waals surface area contributed by atoms with Crippen LogP contribution in [-0.4, -0.2) is 40.4 Å². The van der Waals surface area contributed by atoms with E-state index in [4.69, 9.17) is 14.2 Å². The van der Waals surface area contributed by atoms with Crippen LogP contribution in [0.25, 0.3) is 0 Å². The van der Waals surface area contributed by atoms with Gasteiger partial charge in [-0.15, -0.1) is 0 Å². The van der Waals surface area contributed by atoms with E-state index in [1.807, 2.05) is 42.5 Å². The van der Waals surface area contributed by atoms with Gasteiger partial charge in [-0.25, -0.2) is 0 Å². The van der Waals surface area contributed by atoms with Crippen molar-refractivity contribution in [2.75, 3.05) is 34.4 Å². The molecule has 0 unspecified atom stereocenters.